The summed E-state index contributed by atoms with van der Waals surface area (Å²) in [7, 11) is 4.31. The fourth-order valence-electron chi connectivity index (χ4n) is 2.58. The van der Waals surface area contributed by atoms with E-state index in [1.54, 1.807) is 6.66 Å². The Bertz CT molecular complexity index is 470. The van der Waals surface area contributed by atoms with Crippen LogP contribution in [0.4, 0.5) is 0 Å². The summed E-state index contributed by atoms with van der Waals surface area (Å²) in [6, 6.07) is -0.456. The SMILES string of the molecule is [B][C@@H]1O[C@]2(COP(C)(=O)SC2)[C@H](C)C1O[Si](C)(C)C(C)(C)C. The van der Waals surface area contributed by atoms with Crippen LogP contribution >= 0.6 is 18.0 Å². The quantitative estimate of drug-likeness (QED) is 0.551. The fourth-order valence-corrected chi connectivity index (χ4v) is 7.09. The molecule has 0 aromatic carbocycles. The van der Waals surface area contributed by atoms with Gasteiger partial charge in [0, 0.05) is 24.3 Å². The minimum atomic E-state index is -2.53. The molecule has 2 heterocycles. The Balaban J connectivity index is 2.15. The van der Waals surface area contributed by atoms with E-state index < -0.39 is 26.5 Å². The van der Waals surface area contributed by atoms with E-state index >= 15 is 0 Å². The van der Waals surface area contributed by atoms with Crippen LogP contribution in [0.1, 0.15) is 27.7 Å². The minimum Gasteiger partial charge on any atom is -0.412 e. The third kappa shape index (κ3) is 3.55. The first-order valence-corrected chi connectivity index (χ1v) is 14.3. The zero-order valence-corrected chi connectivity index (χ0v) is 17.4. The van der Waals surface area contributed by atoms with E-state index in [-0.39, 0.29) is 17.1 Å². The molecule has 0 aromatic heterocycles. The zero-order chi connectivity index (χ0) is 17.0. The molecule has 0 N–H and O–H groups in total. The Morgan fingerprint density at radius 1 is 1.41 bits per heavy atom. The molecule has 126 valence electrons. The van der Waals surface area contributed by atoms with Crippen LogP contribution in [0.3, 0.4) is 0 Å². The summed E-state index contributed by atoms with van der Waals surface area (Å²) in [5.41, 5.74) is -0.485. The van der Waals surface area contributed by atoms with Crippen molar-refractivity contribution in [2.45, 2.75) is 63.5 Å². The van der Waals surface area contributed by atoms with Gasteiger partial charge >= 0.3 is 0 Å². The molecule has 2 fully saturated rings. The van der Waals surface area contributed by atoms with Crippen molar-refractivity contribution in [1.29, 1.82) is 0 Å². The average Bonchev–Trinajstić information content (AvgIpc) is 2.57. The Labute approximate surface area is 141 Å². The molecule has 0 saturated carbocycles. The predicted molar refractivity (Wildman–Crippen MR) is 96.5 cm³/mol. The lowest BCUT2D eigenvalue weighted by Gasteiger charge is -2.42. The summed E-state index contributed by atoms with van der Waals surface area (Å²) in [6.07, 6.45) is -0.139. The Kier molecular flexibility index (Phi) is 5.13. The number of hydrogen-bond donors (Lipinski definition) is 0. The number of ether oxygens (including phenoxy) is 1. The van der Waals surface area contributed by atoms with Gasteiger partial charge in [0.25, 0.3) is 6.57 Å². The van der Waals surface area contributed by atoms with E-state index in [9.17, 15) is 4.57 Å². The van der Waals surface area contributed by atoms with Crippen LogP contribution < -0.4 is 0 Å². The first-order chi connectivity index (χ1) is 9.80. The number of hydrogen-bond acceptors (Lipinski definition) is 5. The molecule has 0 amide bonds. The standard InChI is InChI=1S/C14H28BO4PSSi/c1-10-11(19-22(6,7)13(2,3)4)12(15)18-14(10)8-17-20(5,16)21-9-14/h10-12H,8-9H2,1-7H3/t10-,11?,12-,14+,20?/m1/s1. The van der Waals surface area contributed by atoms with Gasteiger partial charge in [-0.05, 0) is 18.1 Å². The third-order valence-corrected chi connectivity index (χ3v) is 13.6. The van der Waals surface area contributed by atoms with Gasteiger partial charge in [-0.2, -0.15) is 0 Å². The topological polar surface area (TPSA) is 44.8 Å². The van der Waals surface area contributed by atoms with Gasteiger partial charge in [0.15, 0.2) is 8.32 Å². The maximum Gasteiger partial charge on any atom is 0.254 e. The summed E-state index contributed by atoms with van der Waals surface area (Å²) in [6.45, 7) is 12.7. The van der Waals surface area contributed by atoms with Gasteiger partial charge in [-0.15, -0.1) is 0 Å². The van der Waals surface area contributed by atoms with Crippen LogP contribution in [-0.4, -0.2) is 52.9 Å². The molecular formula is C14H28BO4PSSi. The minimum absolute atomic E-state index is 0.115. The van der Waals surface area contributed by atoms with E-state index in [4.69, 9.17) is 21.5 Å². The van der Waals surface area contributed by atoms with E-state index in [1.165, 1.54) is 11.4 Å². The molecule has 2 saturated heterocycles. The highest BCUT2D eigenvalue weighted by atomic mass is 32.7. The van der Waals surface area contributed by atoms with Gasteiger partial charge in [-0.3, -0.25) is 4.57 Å². The monoisotopic (exact) mass is 362 g/mol. The zero-order valence-electron chi connectivity index (χ0n) is 14.7. The molecule has 2 aliphatic heterocycles. The van der Waals surface area contributed by atoms with E-state index in [0.717, 1.165) is 0 Å². The van der Waals surface area contributed by atoms with Crippen molar-refractivity contribution in [3.63, 3.8) is 0 Å². The Morgan fingerprint density at radius 2 is 2.00 bits per heavy atom. The molecule has 2 unspecified atom stereocenters. The van der Waals surface area contributed by atoms with Crippen molar-refractivity contribution in [1.82, 2.24) is 0 Å². The summed E-state index contributed by atoms with van der Waals surface area (Å²) in [5.74, 6) is 0.761. The van der Waals surface area contributed by atoms with Crippen molar-refractivity contribution in [3.05, 3.63) is 0 Å². The highest BCUT2D eigenvalue weighted by Gasteiger charge is 2.56. The van der Waals surface area contributed by atoms with Crippen molar-refractivity contribution >= 4 is 34.1 Å². The molecule has 1 spiro atoms. The van der Waals surface area contributed by atoms with Gasteiger partial charge in [-0.25, -0.2) is 0 Å². The lowest BCUT2D eigenvalue weighted by molar-refractivity contribution is -0.0445. The van der Waals surface area contributed by atoms with Crippen LogP contribution in [-0.2, 0) is 18.3 Å². The highest BCUT2D eigenvalue weighted by Crippen LogP contribution is 2.63. The molecule has 0 aromatic rings. The molecule has 2 rings (SSSR count). The van der Waals surface area contributed by atoms with Gasteiger partial charge in [0.05, 0.1) is 12.7 Å². The van der Waals surface area contributed by atoms with Crippen molar-refractivity contribution in [2.75, 3.05) is 19.0 Å². The molecule has 0 aliphatic carbocycles. The van der Waals surface area contributed by atoms with E-state index in [1.807, 2.05) is 0 Å². The van der Waals surface area contributed by atoms with Crippen LogP contribution in [0.25, 0.3) is 0 Å². The van der Waals surface area contributed by atoms with Crippen LogP contribution in [0.2, 0.25) is 18.1 Å². The van der Waals surface area contributed by atoms with Crippen LogP contribution in [0.5, 0.6) is 0 Å². The molecular weight excluding hydrogens is 334 g/mol. The molecule has 5 atom stereocenters. The lowest BCUT2D eigenvalue weighted by Crippen LogP contribution is -2.50. The summed E-state index contributed by atoms with van der Waals surface area (Å²) in [5, 5.41) is 0.124. The van der Waals surface area contributed by atoms with Crippen molar-refractivity contribution in [3.8, 4) is 0 Å². The maximum absolute atomic E-state index is 12.0. The van der Waals surface area contributed by atoms with E-state index in [2.05, 4.69) is 40.8 Å². The second-order valence-electron chi connectivity index (χ2n) is 8.10. The first kappa shape index (κ1) is 19.1. The normalized spacial score (nSPS) is 43.7. The van der Waals surface area contributed by atoms with Gasteiger partial charge < -0.3 is 13.7 Å². The van der Waals surface area contributed by atoms with E-state index in [0.29, 0.717) is 12.4 Å². The molecule has 22 heavy (non-hydrogen) atoms. The maximum atomic E-state index is 12.0. The van der Waals surface area contributed by atoms with Crippen molar-refractivity contribution in [2.24, 2.45) is 5.92 Å². The second kappa shape index (κ2) is 5.92. The molecule has 2 aliphatic rings. The fraction of sp³-hybridized carbons (Fsp3) is 1.00. The smallest absolute Gasteiger partial charge is 0.254 e. The highest BCUT2D eigenvalue weighted by molar-refractivity contribution is 8.56. The van der Waals surface area contributed by atoms with Crippen LogP contribution in [0, 0.1) is 5.92 Å². The first-order valence-electron chi connectivity index (χ1n) is 7.78. The second-order valence-corrected chi connectivity index (χ2v) is 18.0. The number of rotatable bonds is 2. The largest absolute Gasteiger partial charge is 0.412 e. The van der Waals surface area contributed by atoms with Crippen LogP contribution in [0.15, 0.2) is 0 Å². The predicted octanol–water partition coefficient (Wildman–Crippen LogP) is 3.86. The third-order valence-electron chi connectivity index (χ3n) is 5.34. The van der Waals surface area contributed by atoms with Gasteiger partial charge in [0.2, 0.25) is 0 Å². The molecule has 2 radical (unpaired) electrons. The average molecular weight is 362 g/mol. The lowest BCUT2D eigenvalue weighted by atomic mass is 9.84. The molecule has 8 heteroatoms. The summed E-state index contributed by atoms with van der Waals surface area (Å²) >= 11 is 1.36. The Hall–Kier alpha value is 0.742. The summed E-state index contributed by atoms with van der Waals surface area (Å²) in [4.78, 5) is 0. The Morgan fingerprint density at radius 3 is 2.45 bits per heavy atom. The molecule has 0 bridgehead atoms. The van der Waals surface area contributed by atoms with Gasteiger partial charge in [-0.1, -0.05) is 39.1 Å². The molecule has 4 nitrogen and oxygen atoms in total. The summed E-state index contributed by atoms with van der Waals surface area (Å²) < 4.78 is 30.2. The van der Waals surface area contributed by atoms with Gasteiger partial charge in [0.1, 0.15) is 13.4 Å². The van der Waals surface area contributed by atoms with Crippen molar-refractivity contribution < 1.29 is 18.3 Å².